The first-order valence-electron chi connectivity index (χ1n) is 5.40. The van der Waals surface area contributed by atoms with Crippen LogP contribution in [0.3, 0.4) is 0 Å². The lowest BCUT2D eigenvalue weighted by atomic mass is 9.81. The normalized spacial score (nSPS) is 35.2. The molecule has 2 unspecified atom stereocenters. The Morgan fingerprint density at radius 1 is 1.42 bits per heavy atom. The van der Waals surface area contributed by atoms with Gasteiger partial charge in [0.2, 0.25) is 0 Å². The van der Waals surface area contributed by atoms with E-state index >= 15 is 0 Å². The first-order chi connectivity index (χ1) is 5.40. The van der Waals surface area contributed by atoms with Gasteiger partial charge in [0.05, 0.1) is 0 Å². The number of rotatable bonds is 4. The fourth-order valence-electron chi connectivity index (χ4n) is 1.79. The maximum absolute atomic E-state index is 2.45. The van der Waals surface area contributed by atoms with Gasteiger partial charge in [0.25, 0.3) is 0 Å². The van der Waals surface area contributed by atoms with Gasteiger partial charge in [-0.25, -0.2) is 0 Å². The average molecular weight is 168 g/mol. The summed E-state index contributed by atoms with van der Waals surface area (Å²) in [5.41, 5.74) is 1.29. The van der Waals surface area contributed by atoms with Gasteiger partial charge in [-0.3, -0.25) is 0 Å². The summed E-state index contributed by atoms with van der Waals surface area (Å²) in [7, 11) is 0. The SMILES string of the molecule is CCC(C)(C)CCC1(C)CC1C. The summed E-state index contributed by atoms with van der Waals surface area (Å²) in [4.78, 5) is 0. The Balaban J connectivity index is 2.26. The van der Waals surface area contributed by atoms with Crippen molar-refractivity contribution in [2.75, 3.05) is 0 Å². The van der Waals surface area contributed by atoms with Crippen molar-refractivity contribution in [1.29, 1.82) is 0 Å². The van der Waals surface area contributed by atoms with Crippen molar-refractivity contribution in [3.63, 3.8) is 0 Å². The molecule has 2 atom stereocenters. The fraction of sp³-hybridized carbons (Fsp3) is 1.00. The van der Waals surface area contributed by atoms with E-state index in [0.29, 0.717) is 10.8 Å². The lowest BCUT2D eigenvalue weighted by Crippen LogP contribution is -2.12. The topological polar surface area (TPSA) is 0 Å². The molecule has 0 spiro atoms. The summed E-state index contributed by atoms with van der Waals surface area (Å²) >= 11 is 0. The lowest BCUT2D eigenvalue weighted by molar-refractivity contribution is 0.275. The molecule has 0 aromatic heterocycles. The van der Waals surface area contributed by atoms with E-state index in [2.05, 4.69) is 34.6 Å². The molecular formula is C12H24. The molecule has 1 aliphatic carbocycles. The third-order valence-corrected chi connectivity index (χ3v) is 4.13. The molecular weight excluding hydrogens is 144 g/mol. The Hall–Kier alpha value is 0. The second-order valence-electron chi connectivity index (χ2n) is 5.78. The van der Waals surface area contributed by atoms with Crippen LogP contribution in [0.1, 0.15) is 60.3 Å². The molecule has 0 N–H and O–H groups in total. The van der Waals surface area contributed by atoms with Gasteiger partial charge in [-0.05, 0) is 36.0 Å². The average Bonchev–Trinajstić information content (AvgIpc) is 2.58. The molecule has 0 aliphatic heterocycles. The van der Waals surface area contributed by atoms with Crippen LogP contribution < -0.4 is 0 Å². The second-order valence-corrected chi connectivity index (χ2v) is 5.78. The summed E-state index contributed by atoms with van der Waals surface area (Å²) in [6, 6.07) is 0. The molecule has 0 heterocycles. The molecule has 1 aliphatic rings. The quantitative estimate of drug-likeness (QED) is 0.588. The van der Waals surface area contributed by atoms with E-state index in [-0.39, 0.29) is 0 Å². The largest absolute Gasteiger partial charge is 0.0649 e. The van der Waals surface area contributed by atoms with Crippen molar-refractivity contribution in [3.05, 3.63) is 0 Å². The van der Waals surface area contributed by atoms with E-state index < -0.39 is 0 Å². The lowest BCUT2D eigenvalue weighted by Gasteiger charge is -2.24. The van der Waals surface area contributed by atoms with Gasteiger partial charge < -0.3 is 0 Å². The number of hydrogen-bond donors (Lipinski definition) is 0. The summed E-state index contributed by atoms with van der Waals surface area (Å²) < 4.78 is 0. The first kappa shape index (κ1) is 10.1. The molecule has 72 valence electrons. The Labute approximate surface area is 77.7 Å². The van der Waals surface area contributed by atoms with Gasteiger partial charge in [-0.15, -0.1) is 0 Å². The molecule has 0 saturated heterocycles. The van der Waals surface area contributed by atoms with Crippen molar-refractivity contribution >= 4 is 0 Å². The van der Waals surface area contributed by atoms with Gasteiger partial charge in [0.1, 0.15) is 0 Å². The summed E-state index contributed by atoms with van der Waals surface area (Å²) in [5.74, 6) is 0.991. The van der Waals surface area contributed by atoms with E-state index in [9.17, 15) is 0 Å². The molecule has 1 fully saturated rings. The minimum atomic E-state index is 0.575. The van der Waals surface area contributed by atoms with Crippen LogP contribution >= 0.6 is 0 Å². The minimum absolute atomic E-state index is 0.575. The van der Waals surface area contributed by atoms with Crippen molar-refractivity contribution in [3.8, 4) is 0 Å². The zero-order valence-corrected chi connectivity index (χ0v) is 9.41. The molecule has 0 bridgehead atoms. The zero-order chi connectivity index (χ0) is 9.41. The third kappa shape index (κ3) is 2.24. The van der Waals surface area contributed by atoms with Crippen LogP contribution in [0.4, 0.5) is 0 Å². The van der Waals surface area contributed by atoms with Gasteiger partial charge in [-0.1, -0.05) is 41.0 Å². The van der Waals surface area contributed by atoms with Crippen LogP contribution in [0, 0.1) is 16.7 Å². The van der Waals surface area contributed by atoms with E-state index in [4.69, 9.17) is 0 Å². The fourth-order valence-corrected chi connectivity index (χ4v) is 1.79. The van der Waals surface area contributed by atoms with Crippen LogP contribution in [0.15, 0.2) is 0 Å². The molecule has 0 aromatic carbocycles. The van der Waals surface area contributed by atoms with Crippen LogP contribution in [0.2, 0.25) is 0 Å². The highest BCUT2D eigenvalue weighted by molar-refractivity contribution is 4.96. The molecule has 0 amide bonds. The molecule has 1 saturated carbocycles. The smallest absolute Gasteiger partial charge is 0.0297 e. The van der Waals surface area contributed by atoms with Gasteiger partial charge >= 0.3 is 0 Å². The zero-order valence-electron chi connectivity index (χ0n) is 9.41. The van der Waals surface area contributed by atoms with Crippen LogP contribution in [-0.4, -0.2) is 0 Å². The molecule has 0 nitrogen and oxygen atoms in total. The molecule has 0 heteroatoms. The van der Waals surface area contributed by atoms with Crippen LogP contribution in [0.25, 0.3) is 0 Å². The Kier molecular flexibility index (Phi) is 2.56. The monoisotopic (exact) mass is 168 g/mol. The minimum Gasteiger partial charge on any atom is -0.0649 e. The van der Waals surface area contributed by atoms with Crippen molar-refractivity contribution < 1.29 is 0 Å². The highest BCUT2D eigenvalue weighted by Gasteiger charge is 2.46. The van der Waals surface area contributed by atoms with Crippen LogP contribution in [0.5, 0.6) is 0 Å². The predicted molar refractivity (Wildman–Crippen MR) is 55.2 cm³/mol. The van der Waals surface area contributed by atoms with Gasteiger partial charge in [0, 0.05) is 0 Å². The van der Waals surface area contributed by atoms with Gasteiger partial charge in [-0.2, -0.15) is 0 Å². The van der Waals surface area contributed by atoms with Crippen molar-refractivity contribution in [1.82, 2.24) is 0 Å². The van der Waals surface area contributed by atoms with Gasteiger partial charge in [0.15, 0.2) is 0 Å². The summed E-state index contributed by atoms with van der Waals surface area (Å²) in [6.45, 7) is 11.9. The second kappa shape index (κ2) is 3.05. The maximum Gasteiger partial charge on any atom is -0.0297 e. The molecule has 0 radical (unpaired) electrons. The standard InChI is InChI=1S/C12H24/c1-6-11(3,4)7-8-12(5)9-10(12)2/h10H,6-9H2,1-5H3. The van der Waals surface area contributed by atoms with E-state index in [0.717, 1.165) is 5.92 Å². The van der Waals surface area contributed by atoms with E-state index in [1.165, 1.54) is 25.7 Å². The first-order valence-corrected chi connectivity index (χ1v) is 5.40. The van der Waals surface area contributed by atoms with E-state index in [1.807, 2.05) is 0 Å². The van der Waals surface area contributed by atoms with Crippen molar-refractivity contribution in [2.45, 2.75) is 60.3 Å². The number of hydrogen-bond acceptors (Lipinski definition) is 0. The Morgan fingerprint density at radius 2 is 1.92 bits per heavy atom. The molecule has 0 aromatic rings. The maximum atomic E-state index is 2.45. The summed E-state index contributed by atoms with van der Waals surface area (Å²) in [6.07, 6.45) is 5.63. The highest BCUT2D eigenvalue weighted by atomic mass is 14.5. The molecule has 12 heavy (non-hydrogen) atoms. The highest BCUT2D eigenvalue weighted by Crippen LogP contribution is 2.56. The predicted octanol–water partition coefficient (Wildman–Crippen LogP) is 4.25. The van der Waals surface area contributed by atoms with Crippen molar-refractivity contribution in [2.24, 2.45) is 16.7 Å². The Morgan fingerprint density at radius 3 is 2.25 bits per heavy atom. The van der Waals surface area contributed by atoms with E-state index in [1.54, 1.807) is 0 Å². The summed E-state index contributed by atoms with van der Waals surface area (Å²) in [5, 5.41) is 0. The molecule has 1 rings (SSSR count). The van der Waals surface area contributed by atoms with Crippen LogP contribution in [-0.2, 0) is 0 Å². The third-order valence-electron chi connectivity index (χ3n) is 4.13. The Bertz CT molecular complexity index is 148.